The van der Waals surface area contributed by atoms with Crippen molar-refractivity contribution in [2.45, 2.75) is 19.4 Å². The molecular formula is C10H14ClF2N. The standard InChI is InChI=1S/C10H13F2N.ClH/c1-10(2,13-3)7-4-8(11)6-9(12)5-7;/h4-6H,3,13H2,1-2H3;1H. The molecule has 0 saturated heterocycles. The minimum atomic E-state index is -0.551. The molecule has 0 heterocycles. The normalized spacial score (nSPS) is 10.9. The van der Waals surface area contributed by atoms with Crippen molar-refractivity contribution >= 4 is 12.4 Å². The summed E-state index contributed by atoms with van der Waals surface area (Å²) in [6.45, 7) is 3.71. The summed E-state index contributed by atoms with van der Waals surface area (Å²) in [5, 5.41) is 1.67. The molecule has 0 aliphatic carbocycles. The number of quaternary nitrogens is 1. The fourth-order valence-corrected chi connectivity index (χ4v) is 1.04. The van der Waals surface area contributed by atoms with E-state index in [1.807, 2.05) is 13.8 Å². The quantitative estimate of drug-likeness (QED) is 0.736. The van der Waals surface area contributed by atoms with Crippen molar-refractivity contribution in [3.05, 3.63) is 42.4 Å². The summed E-state index contributed by atoms with van der Waals surface area (Å²) >= 11 is 0. The highest BCUT2D eigenvalue weighted by atomic mass is 35.5. The predicted molar refractivity (Wildman–Crippen MR) is 53.9 cm³/mol. The van der Waals surface area contributed by atoms with Crippen LogP contribution in [0.4, 0.5) is 8.78 Å². The SMILES string of the molecule is Cl.[CH2-][NH2+]C(C)(C)c1cc(F)cc(F)c1. The summed E-state index contributed by atoms with van der Waals surface area (Å²) in [5.74, 6) is -1.10. The molecule has 0 radical (unpaired) electrons. The lowest BCUT2D eigenvalue weighted by atomic mass is 9.94. The highest BCUT2D eigenvalue weighted by Crippen LogP contribution is 2.17. The largest absolute Gasteiger partial charge is 0.471 e. The molecule has 2 N–H and O–H groups in total. The van der Waals surface area contributed by atoms with Crippen molar-refractivity contribution in [3.63, 3.8) is 0 Å². The van der Waals surface area contributed by atoms with E-state index in [4.69, 9.17) is 0 Å². The lowest BCUT2D eigenvalue weighted by Gasteiger charge is -2.24. The molecule has 0 atom stereocenters. The third-order valence-corrected chi connectivity index (χ3v) is 2.12. The van der Waals surface area contributed by atoms with Gasteiger partial charge < -0.3 is 5.32 Å². The number of rotatable bonds is 2. The van der Waals surface area contributed by atoms with E-state index in [0.717, 1.165) is 6.07 Å². The highest BCUT2D eigenvalue weighted by molar-refractivity contribution is 5.85. The van der Waals surface area contributed by atoms with E-state index in [-0.39, 0.29) is 12.4 Å². The molecule has 4 heteroatoms. The Hall–Kier alpha value is -0.670. The lowest BCUT2D eigenvalue weighted by molar-refractivity contribution is -0.677. The summed E-state index contributed by atoms with van der Waals surface area (Å²) in [6.07, 6.45) is 0. The van der Waals surface area contributed by atoms with Crippen molar-refractivity contribution in [2.24, 2.45) is 0 Å². The van der Waals surface area contributed by atoms with E-state index in [9.17, 15) is 8.78 Å². The van der Waals surface area contributed by atoms with Gasteiger partial charge in [-0.3, -0.25) is 0 Å². The van der Waals surface area contributed by atoms with Gasteiger partial charge in [0.1, 0.15) is 11.6 Å². The zero-order chi connectivity index (χ0) is 10.1. The van der Waals surface area contributed by atoms with Crippen LogP contribution in [0, 0.1) is 18.7 Å². The van der Waals surface area contributed by atoms with Crippen LogP contribution in [-0.4, -0.2) is 0 Å². The fourth-order valence-electron chi connectivity index (χ4n) is 1.04. The topological polar surface area (TPSA) is 16.6 Å². The Labute approximate surface area is 88.9 Å². The Morgan fingerprint density at radius 3 is 1.93 bits per heavy atom. The Kier molecular flexibility index (Phi) is 4.49. The molecule has 1 aromatic rings. The Morgan fingerprint density at radius 2 is 1.57 bits per heavy atom. The first-order chi connectivity index (χ1) is 5.95. The van der Waals surface area contributed by atoms with E-state index < -0.39 is 17.2 Å². The van der Waals surface area contributed by atoms with Crippen LogP contribution in [0.15, 0.2) is 18.2 Å². The van der Waals surface area contributed by atoms with Crippen molar-refractivity contribution in [3.8, 4) is 0 Å². The van der Waals surface area contributed by atoms with E-state index in [0.29, 0.717) is 5.56 Å². The van der Waals surface area contributed by atoms with Crippen LogP contribution in [0.25, 0.3) is 0 Å². The number of nitrogens with two attached hydrogens (primary N) is 1. The van der Waals surface area contributed by atoms with Crippen molar-refractivity contribution < 1.29 is 14.1 Å². The minimum Gasteiger partial charge on any atom is -0.471 e. The molecular weight excluding hydrogens is 208 g/mol. The molecule has 0 aliphatic heterocycles. The van der Waals surface area contributed by atoms with Crippen molar-refractivity contribution in [2.75, 3.05) is 0 Å². The molecule has 80 valence electrons. The fraction of sp³-hybridized carbons (Fsp3) is 0.300. The second-order valence-corrected chi connectivity index (χ2v) is 3.58. The minimum absolute atomic E-state index is 0. The first-order valence-corrected chi connectivity index (χ1v) is 4.06. The Balaban J connectivity index is 0.00000169. The van der Waals surface area contributed by atoms with Gasteiger partial charge in [0.15, 0.2) is 0 Å². The maximum Gasteiger partial charge on any atom is 0.126 e. The van der Waals surface area contributed by atoms with Gasteiger partial charge in [-0.1, -0.05) is 0 Å². The Morgan fingerprint density at radius 1 is 1.14 bits per heavy atom. The summed E-state index contributed by atoms with van der Waals surface area (Å²) in [5.41, 5.74) is 0.197. The molecule has 1 rings (SSSR count). The van der Waals surface area contributed by atoms with Crippen LogP contribution >= 0.6 is 12.4 Å². The summed E-state index contributed by atoms with van der Waals surface area (Å²) in [6, 6.07) is 3.51. The van der Waals surface area contributed by atoms with E-state index in [2.05, 4.69) is 7.05 Å². The molecule has 0 unspecified atom stereocenters. The van der Waals surface area contributed by atoms with Gasteiger partial charge in [0, 0.05) is 11.6 Å². The summed E-state index contributed by atoms with van der Waals surface area (Å²) < 4.78 is 25.6. The van der Waals surface area contributed by atoms with Gasteiger partial charge in [0.05, 0.1) is 5.54 Å². The van der Waals surface area contributed by atoms with Crippen LogP contribution in [-0.2, 0) is 5.54 Å². The second kappa shape index (κ2) is 4.71. The van der Waals surface area contributed by atoms with Gasteiger partial charge in [-0.05, 0) is 26.0 Å². The Bertz CT molecular complexity index is 293. The van der Waals surface area contributed by atoms with E-state index >= 15 is 0 Å². The maximum absolute atomic E-state index is 12.8. The van der Waals surface area contributed by atoms with Crippen LogP contribution in [0.2, 0.25) is 0 Å². The van der Waals surface area contributed by atoms with Crippen molar-refractivity contribution in [1.29, 1.82) is 0 Å². The van der Waals surface area contributed by atoms with Crippen molar-refractivity contribution in [1.82, 2.24) is 0 Å². The molecule has 1 nitrogen and oxygen atoms in total. The molecule has 1 aromatic carbocycles. The molecule has 0 bridgehead atoms. The number of halogens is 3. The molecule has 0 amide bonds. The smallest absolute Gasteiger partial charge is 0.126 e. The van der Waals surface area contributed by atoms with E-state index in [1.165, 1.54) is 12.1 Å². The van der Waals surface area contributed by atoms with Gasteiger partial charge in [0.2, 0.25) is 0 Å². The van der Waals surface area contributed by atoms with Gasteiger partial charge in [-0.15, -0.1) is 12.4 Å². The zero-order valence-corrected chi connectivity index (χ0v) is 9.00. The maximum atomic E-state index is 12.8. The highest BCUT2D eigenvalue weighted by Gasteiger charge is 2.20. The van der Waals surface area contributed by atoms with Gasteiger partial charge >= 0.3 is 0 Å². The molecule has 0 saturated carbocycles. The lowest BCUT2D eigenvalue weighted by Crippen LogP contribution is -2.87. The number of hydrogen-bond acceptors (Lipinski definition) is 0. The summed E-state index contributed by atoms with van der Waals surface area (Å²) in [7, 11) is 3.62. The van der Waals surface area contributed by atoms with E-state index in [1.54, 1.807) is 5.32 Å². The average molecular weight is 222 g/mol. The predicted octanol–water partition coefficient (Wildman–Crippen LogP) is 1.98. The first-order valence-electron chi connectivity index (χ1n) is 4.06. The first kappa shape index (κ1) is 13.3. The third-order valence-electron chi connectivity index (χ3n) is 2.12. The molecule has 0 spiro atoms. The average Bonchev–Trinajstić information content (AvgIpc) is 2.02. The molecule has 0 aliphatic rings. The van der Waals surface area contributed by atoms with Gasteiger partial charge in [-0.2, -0.15) is 7.05 Å². The molecule has 0 aromatic heterocycles. The summed E-state index contributed by atoms with van der Waals surface area (Å²) in [4.78, 5) is 0. The van der Waals surface area contributed by atoms with Crippen LogP contribution < -0.4 is 5.32 Å². The molecule has 14 heavy (non-hydrogen) atoms. The number of hydrogen-bond donors (Lipinski definition) is 1. The third kappa shape index (κ3) is 2.93. The zero-order valence-electron chi connectivity index (χ0n) is 8.18. The van der Waals surface area contributed by atoms with Crippen LogP contribution in [0.3, 0.4) is 0 Å². The monoisotopic (exact) mass is 221 g/mol. The molecule has 0 fully saturated rings. The van der Waals surface area contributed by atoms with Gasteiger partial charge in [-0.25, -0.2) is 8.78 Å². The number of benzene rings is 1. The van der Waals surface area contributed by atoms with Crippen LogP contribution in [0.1, 0.15) is 19.4 Å². The second-order valence-electron chi connectivity index (χ2n) is 3.58. The van der Waals surface area contributed by atoms with Gasteiger partial charge in [0.25, 0.3) is 0 Å². The van der Waals surface area contributed by atoms with Crippen LogP contribution in [0.5, 0.6) is 0 Å².